The minimum Gasteiger partial charge on any atom is -0.490 e. The molecule has 4 nitrogen and oxygen atoms in total. The summed E-state index contributed by atoms with van der Waals surface area (Å²) in [5, 5.41) is 9.27. The average molecular weight is 239 g/mol. The highest BCUT2D eigenvalue weighted by atomic mass is 16.5. The van der Waals surface area contributed by atoms with Crippen LogP contribution in [0.2, 0.25) is 0 Å². The molecule has 0 aliphatic heterocycles. The molecule has 0 unspecified atom stereocenters. The Morgan fingerprint density at radius 1 is 1.24 bits per heavy atom. The second-order valence-corrected chi connectivity index (χ2v) is 3.99. The van der Waals surface area contributed by atoms with Gasteiger partial charge in [-0.25, -0.2) is 0 Å². The van der Waals surface area contributed by atoms with Crippen molar-refractivity contribution in [2.24, 2.45) is 0 Å². The van der Waals surface area contributed by atoms with Crippen LogP contribution in [0.3, 0.4) is 0 Å². The van der Waals surface area contributed by atoms with Gasteiger partial charge in [0.2, 0.25) is 0 Å². The molecule has 1 rings (SSSR count). The highest BCUT2D eigenvalue weighted by molar-refractivity contribution is 5.46. The van der Waals surface area contributed by atoms with E-state index in [0.717, 1.165) is 12.1 Å². The maximum atomic E-state index is 9.27. The molecule has 0 amide bonds. The number of aliphatic hydroxyl groups is 1. The van der Waals surface area contributed by atoms with Gasteiger partial charge in [0.25, 0.3) is 0 Å². The van der Waals surface area contributed by atoms with Crippen molar-refractivity contribution in [1.29, 1.82) is 0 Å². The molecule has 0 heterocycles. The predicted molar refractivity (Wildman–Crippen MR) is 67.6 cm³/mol. The standard InChI is InChI=1S/C13H21NO3/c1-4-16-12-7-5-6-11(10-15)13(12)17-9-8-14(2)3/h5-7,15H,4,8-10H2,1-3H3. The van der Waals surface area contributed by atoms with E-state index in [0.29, 0.717) is 24.7 Å². The van der Waals surface area contributed by atoms with Gasteiger partial charge in [0.05, 0.1) is 13.2 Å². The molecule has 0 aromatic heterocycles. The van der Waals surface area contributed by atoms with Crippen molar-refractivity contribution in [2.45, 2.75) is 13.5 Å². The SMILES string of the molecule is CCOc1cccc(CO)c1OCCN(C)C. The maximum Gasteiger partial charge on any atom is 0.166 e. The first-order chi connectivity index (χ1) is 8.19. The number of rotatable bonds is 7. The van der Waals surface area contributed by atoms with Crippen LogP contribution < -0.4 is 9.47 Å². The zero-order valence-corrected chi connectivity index (χ0v) is 10.8. The van der Waals surface area contributed by atoms with E-state index in [4.69, 9.17) is 9.47 Å². The Morgan fingerprint density at radius 3 is 2.59 bits per heavy atom. The van der Waals surface area contributed by atoms with E-state index in [1.165, 1.54) is 0 Å². The predicted octanol–water partition coefficient (Wildman–Crippen LogP) is 1.52. The van der Waals surface area contributed by atoms with Gasteiger partial charge in [-0.05, 0) is 27.1 Å². The maximum absolute atomic E-state index is 9.27. The lowest BCUT2D eigenvalue weighted by molar-refractivity contribution is 0.229. The van der Waals surface area contributed by atoms with E-state index in [1.807, 2.05) is 44.1 Å². The van der Waals surface area contributed by atoms with Crippen LogP contribution in [0.1, 0.15) is 12.5 Å². The van der Waals surface area contributed by atoms with Crippen LogP contribution in [0.15, 0.2) is 18.2 Å². The van der Waals surface area contributed by atoms with Crippen molar-refractivity contribution >= 4 is 0 Å². The number of hydrogen-bond acceptors (Lipinski definition) is 4. The third kappa shape index (κ3) is 4.24. The van der Waals surface area contributed by atoms with Crippen LogP contribution in [0.25, 0.3) is 0 Å². The number of ether oxygens (including phenoxy) is 2. The summed E-state index contributed by atoms with van der Waals surface area (Å²) < 4.78 is 11.2. The summed E-state index contributed by atoms with van der Waals surface area (Å²) in [4.78, 5) is 2.04. The van der Waals surface area contributed by atoms with Gasteiger partial charge >= 0.3 is 0 Å². The largest absolute Gasteiger partial charge is 0.490 e. The first kappa shape index (κ1) is 13.8. The molecular formula is C13H21NO3. The van der Waals surface area contributed by atoms with Crippen LogP contribution in [0.4, 0.5) is 0 Å². The van der Waals surface area contributed by atoms with Crippen LogP contribution in [-0.4, -0.2) is 43.9 Å². The van der Waals surface area contributed by atoms with E-state index in [2.05, 4.69) is 0 Å². The minimum absolute atomic E-state index is 0.0434. The summed E-state index contributed by atoms with van der Waals surface area (Å²) in [5.74, 6) is 1.34. The Labute approximate surface area is 103 Å². The molecule has 4 heteroatoms. The van der Waals surface area contributed by atoms with Crippen molar-refractivity contribution in [2.75, 3.05) is 33.9 Å². The Balaban J connectivity index is 2.77. The van der Waals surface area contributed by atoms with Crippen LogP contribution >= 0.6 is 0 Å². The van der Waals surface area contributed by atoms with E-state index >= 15 is 0 Å². The summed E-state index contributed by atoms with van der Waals surface area (Å²) >= 11 is 0. The fourth-order valence-electron chi connectivity index (χ4n) is 1.45. The van der Waals surface area contributed by atoms with E-state index < -0.39 is 0 Å². The fraction of sp³-hybridized carbons (Fsp3) is 0.538. The first-order valence-electron chi connectivity index (χ1n) is 5.82. The second-order valence-electron chi connectivity index (χ2n) is 3.99. The summed E-state index contributed by atoms with van der Waals surface area (Å²) in [6.45, 7) is 3.86. The molecule has 0 radical (unpaired) electrons. The number of benzene rings is 1. The highest BCUT2D eigenvalue weighted by Gasteiger charge is 2.10. The lowest BCUT2D eigenvalue weighted by atomic mass is 10.2. The molecule has 0 atom stereocenters. The van der Waals surface area contributed by atoms with Gasteiger partial charge < -0.3 is 19.5 Å². The Hall–Kier alpha value is -1.26. The molecule has 1 aromatic carbocycles. The van der Waals surface area contributed by atoms with Crippen LogP contribution in [0.5, 0.6) is 11.5 Å². The van der Waals surface area contributed by atoms with Crippen molar-refractivity contribution < 1.29 is 14.6 Å². The van der Waals surface area contributed by atoms with E-state index in [1.54, 1.807) is 0 Å². The Kier molecular flexibility index (Phi) is 5.80. The zero-order valence-electron chi connectivity index (χ0n) is 10.8. The Morgan fingerprint density at radius 2 is 2.00 bits per heavy atom. The molecule has 1 aromatic rings. The van der Waals surface area contributed by atoms with Gasteiger partial charge in [0.1, 0.15) is 6.61 Å². The quantitative estimate of drug-likeness (QED) is 0.783. The summed E-state index contributed by atoms with van der Waals surface area (Å²) in [7, 11) is 3.98. The van der Waals surface area contributed by atoms with Gasteiger partial charge in [-0.1, -0.05) is 12.1 Å². The number of hydrogen-bond donors (Lipinski definition) is 1. The van der Waals surface area contributed by atoms with Crippen molar-refractivity contribution in [3.05, 3.63) is 23.8 Å². The van der Waals surface area contributed by atoms with E-state index in [-0.39, 0.29) is 6.61 Å². The van der Waals surface area contributed by atoms with Crippen molar-refractivity contribution in [1.82, 2.24) is 4.90 Å². The molecule has 0 bridgehead atoms. The highest BCUT2D eigenvalue weighted by Crippen LogP contribution is 2.31. The topological polar surface area (TPSA) is 41.9 Å². The third-order valence-corrected chi connectivity index (χ3v) is 2.32. The smallest absolute Gasteiger partial charge is 0.166 e. The molecule has 17 heavy (non-hydrogen) atoms. The summed E-state index contributed by atoms with van der Waals surface area (Å²) in [6.07, 6.45) is 0. The normalized spacial score (nSPS) is 10.6. The van der Waals surface area contributed by atoms with Crippen LogP contribution in [0, 0.1) is 0 Å². The van der Waals surface area contributed by atoms with Gasteiger partial charge in [-0.3, -0.25) is 0 Å². The van der Waals surface area contributed by atoms with Crippen molar-refractivity contribution in [3.63, 3.8) is 0 Å². The molecule has 96 valence electrons. The molecule has 0 aliphatic rings. The fourth-order valence-corrected chi connectivity index (χ4v) is 1.45. The molecule has 0 spiro atoms. The zero-order chi connectivity index (χ0) is 12.7. The van der Waals surface area contributed by atoms with Gasteiger partial charge in [-0.2, -0.15) is 0 Å². The average Bonchev–Trinajstić information content (AvgIpc) is 2.30. The summed E-state index contributed by atoms with van der Waals surface area (Å²) in [6, 6.07) is 5.55. The number of aliphatic hydroxyl groups excluding tert-OH is 1. The molecule has 0 saturated heterocycles. The van der Waals surface area contributed by atoms with Gasteiger partial charge in [0.15, 0.2) is 11.5 Å². The van der Waals surface area contributed by atoms with E-state index in [9.17, 15) is 5.11 Å². The molecule has 0 saturated carbocycles. The number of likely N-dealkylation sites (N-methyl/N-ethyl adjacent to an activating group) is 1. The lowest BCUT2D eigenvalue weighted by Crippen LogP contribution is -2.20. The first-order valence-corrected chi connectivity index (χ1v) is 5.82. The minimum atomic E-state index is -0.0434. The second kappa shape index (κ2) is 7.14. The molecule has 0 fully saturated rings. The van der Waals surface area contributed by atoms with Gasteiger partial charge in [0, 0.05) is 12.1 Å². The Bertz CT molecular complexity index is 339. The van der Waals surface area contributed by atoms with Gasteiger partial charge in [-0.15, -0.1) is 0 Å². The molecule has 1 N–H and O–H groups in total. The number of para-hydroxylation sites is 1. The molecular weight excluding hydrogens is 218 g/mol. The number of nitrogens with zero attached hydrogens (tertiary/aromatic N) is 1. The third-order valence-electron chi connectivity index (χ3n) is 2.32. The lowest BCUT2D eigenvalue weighted by Gasteiger charge is -2.16. The van der Waals surface area contributed by atoms with Crippen molar-refractivity contribution in [3.8, 4) is 11.5 Å². The van der Waals surface area contributed by atoms with Crippen LogP contribution in [-0.2, 0) is 6.61 Å². The monoisotopic (exact) mass is 239 g/mol. The summed E-state index contributed by atoms with van der Waals surface area (Å²) in [5.41, 5.74) is 0.759. The molecule has 0 aliphatic carbocycles.